The summed E-state index contributed by atoms with van der Waals surface area (Å²) in [6.07, 6.45) is -6.50. The quantitative estimate of drug-likeness (QED) is 0.0611. The Morgan fingerprint density at radius 3 is 1.70 bits per heavy atom. The number of ether oxygens (including phenoxy) is 4. The minimum atomic E-state index is -4.89. The van der Waals surface area contributed by atoms with Crippen LogP contribution in [0.5, 0.6) is 29.0 Å². The molecule has 4 aromatic heterocycles. The van der Waals surface area contributed by atoms with Gasteiger partial charge in [0.15, 0.2) is 11.2 Å². The average molecular weight is 1100 g/mol. The minimum Gasteiger partial charge on any atom is -0.442 e. The van der Waals surface area contributed by atoms with Crippen LogP contribution in [0.2, 0.25) is 0 Å². The normalized spacial score (nSPS) is 12.0. The van der Waals surface area contributed by atoms with Crippen molar-refractivity contribution in [3.8, 4) is 29.0 Å². The van der Waals surface area contributed by atoms with E-state index in [1.807, 2.05) is 39.0 Å². The third-order valence-electron chi connectivity index (χ3n) is 11.2. The largest absolute Gasteiger partial charge is 0.573 e. The number of imidazole rings is 1. The number of aliphatic imine (C=N–C) groups is 1. The Hall–Kier alpha value is -7.70. The number of aryl methyl sites for hydroxylation is 3. The summed E-state index contributed by atoms with van der Waals surface area (Å²) >= 11 is 5.58. The topological polar surface area (TPSA) is 208 Å². The highest BCUT2D eigenvalue weighted by Gasteiger charge is 2.33. The molecule has 18 nitrogen and oxygen atoms in total. The van der Waals surface area contributed by atoms with Crippen LogP contribution in [0.4, 0.5) is 32.2 Å². The Kier molecular flexibility index (Phi) is 20.1. The van der Waals surface area contributed by atoms with Crippen molar-refractivity contribution < 1.29 is 55.5 Å². The molecule has 5 heterocycles. The predicted molar refractivity (Wildman–Crippen MR) is 274 cm³/mol. The van der Waals surface area contributed by atoms with Gasteiger partial charge in [0.25, 0.3) is 11.1 Å². The van der Waals surface area contributed by atoms with Gasteiger partial charge in [-0.1, -0.05) is 61.9 Å². The van der Waals surface area contributed by atoms with E-state index >= 15 is 0 Å². The highest BCUT2D eigenvalue weighted by Crippen LogP contribution is 2.32. The van der Waals surface area contributed by atoms with Crippen molar-refractivity contribution in [1.29, 1.82) is 0 Å². The number of pyridine rings is 1. The molecule has 0 fully saturated rings. The second-order valence-corrected chi connectivity index (χ2v) is 17.5. The van der Waals surface area contributed by atoms with Crippen LogP contribution in [-0.4, -0.2) is 74.9 Å². The SMILES string of the molecule is CCCn1c(=O)n(CCCO)c(=O)c2c1nc(Oc1cccc(OC(F)(F)F)c1)n2Cc1ccc(C)nc1.CCCn1c2c(c(=O)n(CCCO)c1=O)CC(Oc1cccc(OC(F)(F)F)c1)=N2.Cc1ccc(CCl)cc1. The number of aliphatic hydroxyl groups excluding tert-OH is 2. The molecule has 0 saturated carbocycles. The fourth-order valence-electron chi connectivity index (χ4n) is 7.76. The molecule has 7 aromatic rings. The van der Waals surface area contributed by atoms with Crippen molar-refractivity contribution in [3.63, 3.8) is 0 Å². The lowest BCUT2D eigenvalue weighted by molar-refractivity contribution is -0.275. The van der Waals surface area contributed by atoms with Crippen LogP contribution in [0.1, 0.15) is 67.5 Å². The maximum absolute atomic E-state index is 13.5. The van der Waals surface area contributed by atoms with Crippen LogP contribution in [0.3, 0.4) is 0 Å². The van der Waals surface area contributed by atoms with Crippen LogP contribution in [-0.2, 0) is 45.0 Å². The summed E-state index contributed by atoms with van der Waals surface area (Å²) in [5.74, 6) is -0.0378. The first kappa shape index (κ1) is 58.6. The number of rotatable bonds is 18. The van der Waals surface area contributed by atoms with E-state index in [0.29, 0.717) is 30.8 Å². The number of hydrogen-bond acceptors (Lipinski definition) is 13. The Labute approximate surface area is 440 Å². The standard InChI is InChI=1S/C25H26F3N5O5.C19H20F3N3O5.C8H9Cl/c1-3-10-31-21-20(22(35)32(24(31)36)11-5-12-34)33(15-17-9-8-16(2)29-14-17)23(30-21)37-18-6-4-7-19(13-18)38-25(26,27)28;1-2-7-24-16-14(17(27)25(18(24)28)8-4-9-26)11-15(23-16)29-12-5-3-6-13(10-12)30-19(20,21)22;1-7-2-4-8(6-9)5-3-7/h4,6-9,13-14,34H,3,5,10-12,15H2,1-2H3;3,5-6,10,26H,2,4,7-9,11H2,1H3;2-5H,6H2,1H3. The highest BCUT2D eigenvalue weighted by molar-refractivity contribution is 6.17. The number of alkyl halides is 7. The zero-order valence-electron chi connectivity index (χ0n) is 42.2. The molecule has 77 heavy (non-hydrogen) atoms. The summed E-state index contributed by atoms with van der Waals surface area (Å²) < 4.78 is 101. The van der Waals surface area contributed by atoms with Gasteiger partial charge in [0, 0.05) is 69.3 Å². The van der Waals surface area contributed by atoms with Crippen molar-refractivity contribution >= 4 is 34.5 Å². The molecule has 1 aliphatic rings. The first-order chi connectivity index (χ1) is 36.7. The van der Waals surface area contributed by atoms with E-state index in [1.54, 1.807) is 12.3 Å². The third-order valence-corrected chi connectivity index (χ3v) is 11.5. The smallest absolute Gasteiger partial charge is 0.442 e. The third kappa shape index (κ3) is 15.7. The number of aliphatic hydroxyl groups is 2. The number of halogens is 7. The second-order valence-electron chi connectivity index (χ2n) is 17.3. The van der Waals surface area contributed by atoms with E-state index in [9.17, 15) is 50.6 Å². The summed E-state index contributed by atoms with van der Waals surface area (Å²) in [7, 11) is 0. The van der Waals surface area contributed by atoms with E-state index in [2.05, 4.69) is 43.5 Å². The van der Waals surface area contributed by atoms with Crippen LogP contribution < -0.4 is 41.4 Å². The zero-order chi connectivity index (χ0) is 56.0. The van der Waals surface area contributed by atoms with Crippen molar-refractivity contribution in [2.24, 2.45) is 4.99 Å². The van der Waals surface area contributed by atoms with Gasteiger partial charge in [-0.05, 0) is 81.0 Å². The second kappa shape index (κ2) is 26.4. The van der Waals surface area contributed by atoms with Gasteiger partial charge in [-0.3, -0.25) is 37.4 Å². The van der Waals surface area contributed by atoms with Gasteiger partial charge < -0.3 is 29.2 Å². The number of aromatic nitrogens is 7. The molecule has 0 radical (unpaired) electrons. The van der Waals surface area contributed by atoms with E-state index in [-0.39, 0.29) is 105 Å². The molecule has 0 saturated heterocycles. The van der Waals surface area contributed by atoms with Gasteiger partial charge in [0.1, 0.15) is 28.8 Å². The van der Waals surface area contributed by atoms with Gasteiger partial charge in [-0.25, -0.2) is 9.59 Å². The van der Waals surface area contributed by atoms with E-state index in [0.717, 1.165) is 39.1 Å². The predicted octanol–water partition coefficient (Wildman–Crippen LogP) is 8.69. The van der Waals surface area contributed by atoms with Gasteiger partial charge in [-0.15, -0.1) is 37.9 Å². The Morgan fingerprint density at radius 1 is 0.636 bits per heavy atom. The van der Waals surface area contributed by atoms with E-state index in [1.165, 1.54) is 49.1 Å². The summed E-state index contributed by atoms with van der Waals surface area (Å²) in [5, 5.41) is 18.3. The van der Waals surface area contributed by atoms with Gasteiger partial charge >= 0.3 is 30.1 Å². The number of fused-ring (bicyclic) bond motifs is 2. The van der Waals surface area contributed by atoms with Crippen molar-refractivity contribution in [1.82, 2.24) is 32.8 Å². The molecule has 8 rings (SSSR count). The fourth-order valence-corrected chi connectivity index (χ4v) is 7.93. The Balaban J connectivity index is 0.000000218. The number of nitrogens with zero attached hydrogens (tertiary/aromatic N) is 8. The van der Waals surface area contributed by atoms with Crippen molar-refractivity contribution in [3.05, 3.63) is 161 Å². The molecular formula is C52H55ClF6N8O10. The van der Waals surface area contributed by atoms with Gasteiger partial charge in [0.2, 0.25) is 5.90 Å². The molecule has 2 N–H and O–H groups in total. The molecule has 0 atom stereocenters. The summed E-state index contributed by atoms with van der Waals surface area (Å²) in [5.41, 5.74) is 2.12. The number of hydrogen-bond donors (Lipinski definition) is 2. The molecule has 25 heteroatoms. The van der Waals surface area contributed by atoms with Crippen LogP contribution in [0.25, 0.3) is 11.2 Å². The lowest BCUT2D eigenvalue weighted by Gasteiger charge is -2.13. The van der Waals surface area contributed by atoms with Crippen LogP contribution in [0, 0.1) is 13.8 Å². The molecule has 0 bridgehead atoms. The Morgan fingerprint density at radius 2 is 1.17 bits per heavy atom. The first-order valence-corrected chi connectivity index (χ1v) is 24.7. The Bertz CT molecular complexity index is 3410. The van der Waals surface area contributed by atoms with Gasteiger partial charge in [0.05, 0.1) is 18.5 Å². The highest BCUT2D eigenvalue weighted by atomic mass is 35.5. The first-order valence-electron chi connectivity index (χ1n) is 24.2. The van der Waals surface area contributed by atoms with Crippen LogP contribution in [0.15, 0.2) is 115 Å². The fraction of sp³-hybridized carbons (Fsp3) is 0.365. The molecule has 412 valence electrons. The molecule has 3 aromatic carbocycles. The lowest BCUT2D eigenvalue weighted by atomic mass is 10.2. The van der Waals surface area contributed by atoms with Gasteiger partial charge in [-0.2, -0.15) is 9.98 Å². The molecule has 0 aliphatic carbocycles. The van der Waals surface area contributed by atoms with Crippen LogP contribution >= 0.6 is 11.6 Å². The molecule has 0 amide bonds. The summed E-state index contributed by atoms with van der Waals surface area (Å²) in [6, 6.07) is 21.6. The minimum absolute atomic E-state index is 0.00188. The summed E-state index contributed by atoms with van der Waals surface area (Å²) in [4.78, 5) is 65.1. The molecular weight excluding hydrogens is 1050 g/mol. The molecule has 1 aliphatic heterocycles. The zero-order valence-corrected chi connectivity index (χ0v) is 43.0. The molecule has 0 spiro atoms. The average Bonchev–Trinajstić information content (AvgIpc) is 4.03. The maximum atomic E-state index is 13.5. The van der Waals surface area contributed by atoms with E-state index < -0.39 is 46.7 Å². The van der Waals surface area contributed by atoms with E-state index in [4.69, 9.17) is 26.2 Å². The summed E-state index contributed by atoms with van der Waals surface area (Å²) in [6.45, 7) is 7.97. The number of benzene rings is 3. The lowest BCUT2D eigenvalue weighted by Crippen LogP contribution is -2.41. The molecule has 0 unspecified atom stereocenters. The van der Waals surface area contributed by atoms with Crippen molar-refractivity contribution in [2.75, 3.05) is 13.2 Å². The van der Waals surface area contributed by atoms with Crippen molar-refractivity contribution in [2.45, 2.75) is 111 Å². The monoisotopic (exact) mass is 1100 g/mol. The maximum Gasteiger partial charge on any atom is 0.573 e.